The van der Waals surface area contributed by atoms with E-state index in [1.165, 1.54) is 22.7 Å². The Morgan fingerprint density at radius 1 is 1.03 bits per heavy atom. The minimum atomic E-state index is -0.101. The molecule has 1 N–H and O–H groups in total. The molecule has 8 heteroatoms. The number of hydrogen-bond acceptors (Lipinski definition) is 5. The molecule has 34 heavy (non-hydrogen) atoms. The molecular formula is C26H24N6OS. The van der Waals surface area contributed by atoms with Crippen molar-refractivity contribution in [1.82, 2.24) is 24.3 Å². The van der Waals surface area contributed by atoms with E-state index in [1.54, 1.807) is 12.3 Å². The number of thioether (sulfide) groups is 1. The standard InChI is InChI=1S/C26H24N6OS/c1-3-15-32-25(21-10-7-8-14-27-21)29-30-26(32)34-17-24(33)28-18-12-13-23-20(16-18)19-9-5-6-11-22(19)31(23)4-2/h3,5-14,16H,1,4,15,17H2,2H3,(H,28,33). The number of nitrogens with zero attached hydrogens (tertiary/aromatic N) is 5. The lowest BCUT2D eigenvalue weighted by atomic mass is 10.1. The van der Waals surface area contributed by atoms with Crippen molar-refractivity contribution in [1.29, 1.82) is 0 Å². The maximum atomic E-state index is 12.8. The summed E-state index contributed by atoms with van der Waals surface area (Å²) in [5.41, 5.74) is 3.87. The van der Waals surface area contributed by atoms with Gasteiger partial charge < -0.3 is 9.88 Å². The molecule has 0 aliphatic carbocycles. The Hall–Kier alpha value is -3.91. The molecule has 0 spiro atoms. The number of allylic oxidation sites excluding steroid dienone is 1. The van der Waals surface area contributed by atoms with Crippen molar-refractivity contribution in [3.63, 3.8) is 0 Å². The highest BCUT2D eigenvalue weighted by atomic mass is 32.2. The lowest BCUT2D eigenvalue weighted by Crippen LogP contribution is -2.14. The van der Waals surface area contributed by atoms with Gasteiger partial charge in [-0.25, -0.2) is 0 Å². The number of hydrogen-bond donors (Lipinski definition) is 1. The Labute approximate surface area is 201 Å². The molecule has 5 rings (SSSR count). The number of nitrogens with one attached hydrogen (secondary N) is 1. The summed E-state index contributed by atoms with van der Waals surface area (Å²) in [6.45, 7) is 7.39. The number of fused-ring (bicyclic) bond motifs is 3. The van der Waals surface area contributed by atoms with Crippen LogP contribution < -0.4 is 5.32 Å². The Balaban J connectivity index is 1.34. The summed E-state index contributed by atoms with van der Waals surface area (Å²) in [5.74, 6) is 0.768. The zero-order valence-corrected chi connectivity index (χ0v) is 19.6. The van der Waals surface area contributed by atoms with Crippen molar-refractivity contribution >= 4 is 45.2 Å². The van der Waals surface area contributed by atoms with Crippen molar-refractivity contribution in [2.24, 2.45) is 0 Å². The third-order valence-electron chi connectivity index (χ3n) is 5.63. The van der Waals surface area contributed by atoms with Crippen LogP contribution in [-0.4, -0.2) is 36.0 Å². The highest BCUT2D eigenvalue weighted by molar-refractivity contribution is 7.99. The lowest BCUT2D eigenvalue weighted by Gasteiger charge is -2.08. The Morgan fingerprint density at radius 3 is 2.65 bits per heavy atom. The molecule has 3 aromatic heterocycles. The zero-order valence-electron chi connectivity index (χ0n) is 18.8. The van der Waals surface area contributed by atoms with Gasteiger partial charge in [0.05, 0.1) is 5.75 Å². The monoisotopic (exact) mass is 468 g/mol. The van der Waals surface area contributed by atoms with Crippen LogP contribution in [0.2, 0.25) is 0 Å². The van der Waals surface area contributed by atoms with Crippen LogP contribution in [0.1, 0.15) is 6.92 Å². The van der Waals surface area contributed by atoms with E-state index in [4.69, 9.17) is 0 Å². The summed E-state index contributed by atoms with van der Waals surface area (Å²) in [5, 5.41) is 14.6. The average Bonchev–Trinajstić information content (AvgIpc) is 3.42. The van der Waals surface area contributed by atoms with Crippen molar-refractivity contribution in [3.8, 4) is 11.5 Å². The van der Waals surface area contributed by atoms with E-state index in [0.717, 1.165) is 28.8 Å². The van der Waals surface area contributed by atoms with Gasteiger partial charge in [0.25, 0.3) is 0 Å². The number of carbonyl (C=O) groups excluding carboxylic acids is 1. The molecule has 7 nitrogen and oxygen atoms in total. The number of rotatable bonds is 8. The Morgan fingerprint density at radius 2 is 1.85 bits per heavy atom. The molecular weight excluding hydrogens is 444 g/mol. The number of aryl methyl sites for hydroxylation is 1. The van der Waals surface area contributed by atoms with E-state index in [-0.39, 0.29) is 11.7 Å². The minimum absolute atomic E-state index is 0.101. The average molecular weight is 469 g/mol. The third kappa shape index (κ3) is 4.08. The van der Waals surface area contributed by atoms with Crippen molar-refractivity contribution < 1.29 is 4.79 Å². The molecule has 5 aromatic rings. The Kier molecular flexibility index (Phi) is 6.14. The smallest absolute Gasteiger partial charge is 0.234 e. The lowest BCUT2D eigenvalue weighted by molar-refractivity contribution is -0.113. The van der Waals surface area contributed by atoms with Crippen molar-refractivity contribution in [3.05, 3.63) is 79.5 Å². The second-order valence-electron chi connectivity index (χ2n) is 7.75. The minimum Gasteiger partial charge on any atom is -0.341 e. The largest absolute Gasteiger partial charge is 0.341 e. The van der Waals surface area contributed by atoms with Gasteiger partial charge in [-0.15, -0.1) is 16.8 Å². The molecule has 0 unspecified atom stereocenters. The van der Waals surface area contributed by atoms with E-state index in [1.807, 2.05) is 41.0 Å². The third-order valence-corrected chi connectivity index (χ3v) is 6.59. The van der Waals surface area contributed by atoms with Gasteiger partial charge >= 0.3 is 0 Å². The maximum absolute atomic E-state index is 12.8. The summed E-state index contributed by atoms with van der Waals surface area (Å²) in [6, 6.07) is 20.1. The second-order valence-corrected chi connectivity index (χ2v) is 8.69. The summed E-state index contributed by atoms with van der Waals surface area (Å²) in [4.78, 5) is 17.1. The van der Waals surface area contributed by atoms with Gasteiger partial charge in [0.2, 0.25) is 5.91 Å². The zero-order chi connectivity index (χ0) is 23.5. The van der Waals surface area contributed by atoms with E-state index < -0.39 is 0 Å². The predicted molar refractivity (Wildman–Crippen MR) is 138 cm³/mol. The van der Waals surface area contributed by atoms with E-state index in [9.17, 15) is 4.79 Å². The molecule has 2 aromatic carbocycles. The summed E-state index contributed by atoms with van der Waals surface area (Å²) in [7, 11) is 0. The molecule has 0 saturated heterocycles. The molecule has 0 atom stereocenters. The van der Waals surface area contributed by atoms with Crippen LogP contribution in [0.3, 0.4) is 0 Å². The fourth-order valence-electron chi connectivity index (χ4n) is 4.17. The Bertz CT molecular complexity index is 1490. The number of benzene rings is 2. The first-order chi connectivity index (χ1) is 16.7. The number of anilines is 1. The van der Waals surface area contributed by atoms with Gasteiger partial charge in [-0.1, -0.05) is 42.1 Å². The number of carbonyl (C=O) groups is 1. The molecule has 0 aliphatic rings. The van der Waals surface area contributed by atoms with Crippen molar-refractivity contribution in [2.75, 3.05) is 11.1 Å². The molecule has 0 radical (unpaired) electrons. The molecule has 3 heterocycles. The van der Waals surface area contributed by atoms with E-state index in [0.29, 0.717) is 17.5 Å². The topological polar surface area (TPSA) is 77.6 Å². The van der Waals surface area contributed by atoms with Gasteiger partial charge in [-0.3, -0.25) is 14.3 Å². The molecule has 0 fully saturated rings. The van der Waals surface area contributed by atoms with E-state index in [2.05, 4.69) is 62.8 Å². The van der Waals surface area contributed by atoms with Gasteiger partial charge in [0, 0.05) is 46.8 Å². The van der Waals surface area contributed by atoms with Gasteiger partial charge in [-0.2, -0.15) is 0 Å². The number of aromatic nitrogens is 5. The SMILES string of the molecule is C=CCn1c(SCC(=O)Nc2ccc3c(c2)c2ccccc2n3CC)nnc1-c1ccccn1. The van der Waals surface area contributed by atoms with Crippen LogP contribution in [0.25, 0.3) is 33.3 Å². The van der Waals surface area contributed by atoms with Crippen LogP contribution in [0.15, 0.2) is 84.7 Å². The van der Waals surface area contributed by atoms with Crippen LogP contribution in [-0.2, 0) is 17.9 Å². The first-order valence-corrected chi connectivity index (χ1v) is 12.1. The molecule has 170 valence electrons. The number of amides is 1. The number of para-hydroxylation sites is 1. The van der Waals surface area contributed by atoms with Crippen LogP contribution in [0.5, 0.6) is 0 Å². The van der Waals surface area contributed by atoms with Crippen molar-refractivity contribution in [2.45, 2.75) is 25.2 Å². The first kappa shape index (κ1) is 21.9. The summed E-state index contributed by atoms with van der Waals surface area (Å²) >= 11 is 1.34. The fraction of sp³-hybridized carbons (Fsp3) is 0.154. The van der Waals surface area contributed by atoms with Gasteiger partial charge in [0.15, 0.2) is 11.0 Å². The fourth-order valence-corrected chi connectivity index (χ4v) is 4.92. The maximum Gasteiger partial charge on any atom is 0.234 e. The number of pyridine rings is 1. The molecule has 1 amide bonds. The first-order valence-electron chi connectivity index (χ1n) is 11.1. The van der Waals surface area contributed by atoms with E-state index >= 15 is 0 Å². The quantitative estimate of drug-likeness (QED) is 0.244. The highest BCUT2D eigenvalue weighted by Gasteiger charge is 2.16. The van der Waals surface area contributed by atoms with Gasteiger partial charge in [0.1, 0.15) is 5.69 Å². The normalized spacial score (nSPS) is 11.2. The molecule has 0 saturated carbocycles. The highest BCUT2D eigenvalue weighted by Crippen LogP contribution is 2.31. The summed E-state index contributed by atoms with van der Waals surface area (Å²) < 4.78 is 4.21. The molecule has 0 aliphatic heterocycles. The predicted octanol–water partition coefficient (Wildman–Crippen LogP) is 5.38. The van der Waals surface area contributed by atoms with Crippen LogP contribution in [0.4, 0.5) is 5.69 Å². The van der Waals surface area contributed by atoms with Gasteiger partial charge in [-0.05, 0) is 43.3 Å². The molecule has 0 bridgehead atoms. The summed E-state index contributed by atoms with van der Waals surface area (Å²) in [6.07, 6.45) is 3.50. The second kappa shape index (κ2) is 9.52. The van der Waals surface area contributed by atoms with Crippen LogP contribution in [0, 0.1) is 0 Å². The van der Waals surface area contributed by atoms with Crippen LogP contribution >= 0.6 is 11.8 Å².